The van der Waals surface area contributed by atoms with Gasteiger partial charge in [-0.3, -0.25) is 0 Å². The lowest BCUT2D eigenvalue weighted by molar-refractivity contribution is 0.442. The van der Waals surface area contributed by atoms with Crippen LogP contribution in [0.5, 0.6) is 11.8 Å². The van der Waals surface area contributed by atoms with Crippen LogP contribution in [0.3, 0.4) is 0 Å². The maximum absolute atomic E-state index is 8.91. The van der Waals surface area contributed by atoms with Crippen LogP contribution < -0.4 is 15.4 Å². The first-order chi connectivity index (χ1) is 14.1. The summed E-state index contributed by atoms with van der Waals surface area (Å²) in [5.41, 5.74) is 1.33. The van der Waals surface area contributed by atoms with Gasteiger partial charge in [-0.05, 0) is 59.3 Å². The van der Waals surface area contributed by atoms with Crippen molar-refractivity contribution in [2.24, 2.45) is 0 Å². The molecular formula is C21H15BrN6O. The Morgan fingerprint density at radius 3 is 2.38 bits per heavy atom. The highest BCUT2D eigenvalue weighted by atomic mass is 79.9. The number of nitriles is 1. The van der Waals surface area contributed by atoms with Gasteiger partial charge in [-0.2, -0.15) is 20.2 Å². The van der Waals surface area contributed by atoms with Gasteiger partial charge in [-0.1, -0.05) is 28.1 Å². The molecule has 0 saturated carbocycles. The highest BCUT2D eigenvalue weighted by Gasteiger charge is 2.09. The van der Waals surface area contributed by atoms with Gasteiger partial charge in [-0.25, -0.2) is 0 Å². The van der Waals surface area contributed by atoms with E-state index >= 15 is 0 Å². The third-order valence-corrected chi connectivity index (χ3v) is 4.58. The molecule has 0 aliphatic carbocycles. The number of benzene rings is 3. The van der Waals surface area contributed by atoms with E-state index in [-0.39, 0.29) is 6.01 Å². The van der Waals surface area contributed by atoms with E-state index < -0.39 is 0 Å². The summed E-state index contributed by atoms with van der Waals surface area (Å²) >= 11 is 3.48. The molecule has 1 aromatic heterocycles. The van der Waals surface area contributed by atoms with Crippen molar-refractivity contribution in [3.05, 3.63) is 70.7 Å². The Labute approximate surface area is 175 Å². The molecule has 0 aliphatic heterocycles. The summed E-state index contributed by atoms with van der Waals surface area (Å²) in [6.45, 7) is 0. The molecule has 1 heterocycles. The van der Waals surface area contributed by atoms with Gasteiger partial charge in [0.2, 0.25) is 11.9 Å². The molecular weight excluding hydrogens is 432 g/mol. The molecule has 0 bridgehead atoms. The van der Waals surface area contributed by atoms with Crippen molar-refractivity contribution in [3.8, 4) is 17.8 Å². The zero-order chi connectivity index (χ0) is 20.2. The van der Waals surface area contributed by atoms with E-state index in [0.717, 1.165) is 20.9 Å². The molecule has 142 valence electrons. The molecule has 0 amide bonds. The molecule has 0 fully saturated rings. The topological polar surface area (TPSA) is 95.8 Å². The number of anilines is 3. The number of rotatable bonds is 5. The fourth-order valence-electron chi connectivity index (χ4n) is 2.69. The quantitative estimate of drug-likeness (QED) is 0.432. The summed E-state index contributed by atoms with van der Waals surface area (Å²) in [6, 6.07) is 21.0. The van der Waals surface area contributed by atoms with Crippen molar-refractivity contribution >= 4 is 44.3 Å². The van der Waals surface area contributed by atoms with Crippen molar-refractivity contribution in [3.63, 3.8) is 0 Å². The van der Waals surface area contributed by atoms with Crippen LogP contribution in [0, 0.1) is 11.3 Å². The molecule has 0 saturated heterocycles. The van der Waals surface area contributed by atoms with Gasteiger partial charge in [0.15, 0.2) is 0 Å². The summed E-state index contributed by atoms with van der Waals surface area (Å²) in [6.07, 6.45) is 0. The number of fused-ring (bicyclic) bond motifs is 1. The van der Waals surface area contributed by atoms with Crippen LogP contribution in [0.25, 0.3) is 10.8 Å². The average molecular weight is 447 g/mol. The molecule has 4 aromatic rings. The first-order valence-electron chi connectivity index (χ1n) is 8.71. The summed E-state index contributed by atoms with van der Waals surface area (Å²) in [4.78, 5) is 12.9. The number of hydrogen-bond acceptors (Lipinski definition) is 7. The van der Waals surface area contributed by atoms with Crippen molar-refractivity contribution in [2.45, 2.75) is 0 Å². The predicted molar refractivity (Wildman–Crippen MR) is 116 cm³/mol. The van der Waals surface area contributed by atoms with Crippen LogP contribution in [0.1, 0.15) is 5.56 Å². The standard InChI is InChI=1S/C21H15BrN6O/c1-24-19-26-20(25-17-7-2-13(12-23)3-8-17)28-21(27-19)29-18-9-5-14-10-16(22)6-4-15(14)11-18/h2-11H,1H3,(H2,24,25,26,27,28). The largest absolute Gasteiger partial charge is 0.424 e. The normalized spacial score (nSPS) is 10.4. The van der Waals surface area contributed by atoms with Crippen molar-refractivity contribution < 1.29 is 4.74 Å². The van der Waals surface area contributed by atoms with Crippen LogP contribution in [0.4, 0.5) is 17.6 Å². The zero-order valence-corrected chi connectivity index (χ0v) is 16.9. The van der Waals surface area contributed by atoms with Crippen LogP contribution in [0.2, 0.25) is 0 Å². The first kappa shape index (κ1) is 18.7. The van der Waals surface area contributed by atoms with E-state index in [1.54, 1.807) is 31.3 Å². The van der Waals surface area contributed by atoms with Gasteiger partial charge in [0.25, 0.3) is 0 Å². The van der Waals surface area contributed by atoms with Crippen LogP contribution in [0.15, 0.2) is 65.1 Å². The predicted octanol–water partition coefficient (Wildman–Crippen LogP) is 5.24. The van der Waals surface area contributed by atoms with Gasteiger partial charge in [0.1, 0.15) is 5.75 Å². The smallest absolute Gasteiger partial charge is 0.328 e. The first-order valence-corrected chi connectivity index (χ1v) is 9.50. The Morgan fingerprint density at radius 1 is 0.897 bits per heavy atom. The van der Waals surface area contributed by atoms with E-state index in [1.165, 1.54) is 0 Å². The molecule has 0 radical (unpaired) electrons. The number of ether oxygens (including phenoxy) is 1. The second-order valence-corrected chi connectivity index (χ2v) is 7.00. The Kier molecular flexibility index (Phi) is 5.22. The summed E-state index contributed by atoms with van der Waals surface area (Å²) < 4.78 is 6.90. The van der Waals surface area contributed by atoms with E-state index in [0.29, 0.717) is 23.2 Å². The van der Waals surface area contributed by atoms with Crippen LogP contribution in [-0.4, -0.2) is 22.0 Å². The molecule has 0 atom stereocenters. The van der Waals surface area contributed by atoms with Gasteiger partial charge in [-0.15, -0.1) is 0 Å². The molecule has 4 rings (SSSR count). The Bertz CT molecular complexity index is 1220. The minimum Gasteiger partial charge on any atom is -0.424 e. The van der Waals surface area contributed by atoms with Crippen molar-refractivity contribution in [1.29, 1.82) is 5.26 Å². The SMILES string of the molecule is CNc1nc(Nc2ccc(C#N)cc2)nc(Oc2ccc3cc(Br)ccc3c2)n1. The number of nitrogens with one attached hydrogen (secondary N) is 2. The maximum atomic E-state index is 8.91. The van der Waals surface area contributed by atoms with Gasteiger partial charge in [0, 0.05) is 17.2 Å². The highest BCUT2D eigenvalue weighted by Crippen LogP contribution is 2.27. The number of nitrogens with zero attached hydrogens (tertiary/aromatic N) is 4. The van der Waals surface area contributed by atoms with E-state index in [2.05, 4.69) is 47.6 Å². The number of hydrogen-bond donors (Lipinski definition) is 2. The lowest BCUT2D eigenvalue weighted by atomic mass is 10.1. The molecule has 0 aliphatic rings. The van der Waals surface area contributed by atoms with Gasteiger partial charge >= 0.3 is 6.01 Å². The second kappa shape index (κ2) is 8.12. The Hall–Kier alpha value is -3.70. The number of aromatic nitrogens is 3. The summed E-state index contributed by atoms with van der Waals surface area (Å²) in [5, 5.41) is 17.1. The minimum atomic E-state index is 0.164. The molecule has 0 unspecified atom stereocenters. The molecule has 29 heavy (non-hydrogen) atoms. The third-order valence-electron chi connectivity index (χ3n) is 4.09. The molecule has 0 spiro atoms. The molecule has 7 nitrogen and oxygen atoms in total. The Balaban J connectivity index is 1.60. The van der Waals surface area contributed by atoms with Crippen LogP contribution >= 0.6 is 15.9 Å². The number of halogens is 1. The zero-order valence-electron chi connectivity index (χ0n) is 15.3. The minimum absolute atomic E-state index is 0.164. The molecule has 8 heteroatoms. The van der Waals surface area contributed by atoms with E-state index in [1.807, 2.05) is 36.4 Å². The maximum Gasteiger partial charge on any atom is 0.328 e. The monoisotopic (exact) mass is 446 g/mol. The lowest BCUT2D eigenvalue weighted by Gasteiger charge is -2.10. The fourth-order valence-corrected chi connectivity index (χ4v) is 3.07. The fraction of sp³-hybridized carbons (Fsp3) is 0.0476. The van der Waals surface area contributed by atoms with Gasteiger partial charge in [0.05, 0.1) is 11.6 Å². The second-order valence-electron chi connectivity index (χ2n) is 6.08. The lowest BCUT2D eigenvalue weighted by Crippen LogP contribution is -2.05. The van der Waals surface area contributed by atoms with E-state index in [4.69, 9.17) is 10.00 Å². The Morgan fingerprint density at radius 2 is 1.62 bits per heavy atom. The summed E-state index contributed by atoms with van der Waals surface area (Å²) in [5.74, 6) is 1.32. The average Bonchev–Trinajstić information content (AvgIpc) is 2.74. The van der Waals surface area contributed by atoms with Gasteiger partial charge < -0.3 is 15.4 Å². The van der Waals surface area contributed by atoms with Crippen molar-refractivity contribution in [1.82, 2.24) is 15.0 Å². The third kappa shape index (κ3) is 4.42. The molecule has 2 N–H and O–H groups in total. The molecule has 3 aromatic carbocycles. The summed E-state index contributed by atoms with van der Waals surface area (Å²) in [7, 11) is 1.72. The highest BCUT2D eigenvalue weighted by molar-refractivity contribution is 9.10. The van der Waals surface area contributed by atoms with Crippen LogP contribution in [-0.2, 0) is 0 Å². The van der Waals surface area contributed by atoms with Crippen molar-refractivity contribution in [2.75, 3.05) is 17.7 Å². The van der Waals surface area contributed by atoms with E-state index in [9.17, 15) is 0 Å².